The molecule has 0 aromatic heterocycles. The summed E-state index contributed by atoms with van der Waals surface area (Å²) < 4.78 is 12.6. The number of benzene rings is 4. The van der Waals surface area contributed by atoms with Crippen LogP contribution in [0.4, 0.5) is 0 Å². The van der Waals surface area contributed by atoms with E-state index in [1.165, 1.54) is 16.7 Å². The Bertz CT molecular complexity index is 1170. The van der Waals surface area contributed by atoms with Crippen LogP contribution in [-0.2, 0) is 13.0 Å². The normalized spacial score (nSPS) is 10.8. The molecular weight excluding hydrogens is 392 g/mol. The molecule has 0 aliphatic rings. The maximum absolute atomic E-state index is 6.50. The van der Waals surface area contributed by atoms with E-state index in [1.807, 2.05) is 18.2 Å². The van der Waals surface area contributed by atoms with Gasteiger partial charge in [0.25, 0.3) is 0 Å². The first kappa shape index (κ1) is 21.7. The Morgan fingerprint density at radius 2 is 1.28 bits per heavy atom. The highest BCUT2D eigenvalue weighted by Crippen LogP contribution is 2.47. The molecule has 0 saturated heterocycles. The highest BCUT2D eigenvalue weighted by atomic mass is 16.5. The number of aryl methyl sites for hydroxylation is 3. The van der Waals surface area contributed by atoms with Crippen LogP contribution in [-0.4, -0.2) is 7.11 Å². The summed E-state index contributed by atoms with van der Waals surface area (Å²) in [5, 5.41) is 0. The summed E-state index contributed by atoms with van der Waals surface area (Å²) in [6.45, 7) is 6.90. The molecule has 0 aliphatic heterocycles. The van der Waals surface area contributed by atoms with E-state index in [2.05, 4.69) is 87.5 Å². The minimum absolute atomic E-state index is 0.514. The van der Waals surface area contributed by atoms with Crippen LogP contribution in [0.2, 0.25) is 0 Å². The van der Waals surface area contributed by atoms with E-state index >= 15 is 0 Å². The van der Waals surface area contributed by atoms with Crippen molar-refractivity contribution in [1.82, 2.24) is 0 Å². The van der Waals surface area contributed by atoms with Gasteiger partial charge in [-0.1, -0.05) is 96.9 Å². The second-order valence-corrected chi connectivity index (χ2v) is 8.18. The first-order valence-electron chi connectivity index (χ1n) is 11.2. The standard InChI is InChI=1S/C30H30O2/c1-5-24-19-27(25-15-11-21(2)12-16-25)30(31-4)28(26-17-13-22(3)14-18-26)29(24)32-20-23-9-7-6-8-10-23/h6-19H,5,20H2,1-4H3. The Morgan fingerprint density at radius 1 is 0.688 bits per heavy atom. The zero-order valence-electron chi connectivity index (χ0n) is 19.3. The van der Waals surface area contributed by atoms with Crippen molar-refractivity contribution in [2.24, 2.45) is 0 Å². The van der Waals surface area contributed by atoms with Crippen LogP contribution >= 0.6 is 0 Å². The van der Waals surface area contributed by atoms with Crippen LogP contribution in [0.25, 0.3) is 22.3 Å². The fraction of sp³-hybridized carbons (Fsp3) is 0.200. The van der Waals surface area contributed by atoms with Crippen molar-refractivity contribution in [3.05, 3.63) is 107 Å². The minimum atomic E-state index is 0.514. The lowest BCUT2D eigenvalue weighted by atomic mass is 9.91. The summed E-state index contributed by atoms with van der Waals surface area (Å²) in [6, 6.07) is 29.7. The van der Waals surface area contributed by atoms with E-state index in [0.29, 0.717) is 6.61 Å². The number of ether oxygens (including phenoxy) is 2. The average Bonchev–Trinajstić information content (AvgIpc) is 2.83. The Balaban J connectivity index is 1.92. The molecule has 2 heteroatoms. The Hall–Kier alpha value is -3.52. The summed E-state index contributed by atoms with van der Waals surface area (Å²) in [4.78, 5) is 0. The molecule has 0 radical (unpaired) electrons. The molecule has 0 amide bonds. The van der Waals surface area contributed by atoms with Crippen molar-refractivity contribution >= 4 is 0 Å². The monoisotopic (exact) mass is 422 g/mol. The highest BCUT2D eigenvalue weighted by molar-refractivity contribution is 5.88. The Morgan fingerprint density at radius 3 is 1.84 bits per heavy atom. The van der Waals surface area contributed by atoms with Crippen LogP contribution < -0.4 is 9.47 Å². The maximum atomic E-state index is 6.50. The molecule has 0 saturated carbocycles. The quantitative estimate of drug-likeness (QED) is 0.303. The van der Waals surface area contributed by atoms with Gasteiger partial charge in [0.2, 0.25) is 0 Å². The van der Waals surface area contributed by atoms with Crippen LogP contribution in [0.3, 0.4) is 0 Å². The van der Waals surface area contributed by atoms with Crippen molar-refractivity contribution in [1.29, 1.82) is 0 Å². The maximum Gasteiger partial charge on any atom is 0.138 e. The third-order valence-corrected chi connectivity index (χ3v) is 5.82. The SMILES string of the molecule is CCc1cc(-c2ccc(C)cc2)c(OC)c(-c2ccc(C)cc2)c1OCc1ccccc1. The lowest BCUT2D eigenvalue weighted by molar-refractivity contribution is 0.302. The average molecular weight is 423 g/mol. The molecule has 4 rings (SSSR count). The van der Waals surface area contributed by atoms with Crippen LogP contribution in [0.1, 0.15) is 29.2 Å². The molecule has 0 N–H and O–H groups in total. The summed E-state index contributed by atoms with van der Waals surface area (Å²) in [5.74, 6) is 1.74. The predicted molar refractivity (Wildman–Crippen MR) is 133 cm³/mol. The zero-order chi connectivity index (χ0) is 22.5. The van der Waals surface area contributed by atoms with Gasteiger partial charge >= 0.3 is 0 Å². The van der Waals surface area contributed by atoms with Crippen molar-refractivity contribution in [3.8, 4) is 33.8 Å². The molecule has 2 nitrogen and oxygen atoms in total. The molecule has 4 aromatic carbocycles. The van der Waals surface area contributed by atoms with Gasteiger partial charge in [0.1, 0.15) is 18.1 Å². The summed E-state index contributed by atoms with van der Waals surface area (Å²) in [7, 11) is 1.75. The summed E-state index contributed by atoms with van der Waals surface area (Å²) in [5.41, 5.74) is 9.13. The smallest absolute Gasteiger partial charge is 0.138 e. The molecule has 0 atom stereocenters. The first-order valence-corrected chi connectivity index (χ1v) is 11.2. The van der Waals surface area contributed by atoms with E-state index in [9.17, 15) is 0 Å². The lowest BCUT2D eigenvalue weighted by Gasteiger charge is -2.22. The summed E-state index contributed by atoms with van der Waals surface area (Å²) >= 11 is 0. The Kier molecular flexibility index (Phi) is 6.61. The van der Waals surface area contributed by atoms with Gasteiger partial charge in [0.15, 0.2) is 0 Å². The van der Waals surface area contributed by atoms with E-state index in [4.69, 9.17) is 9.47 Å². The molecule has 0 bridgehead atoms. The van der Waals surface area contributed by atoms with Gasteiger partial charge in [-0.3, -0.25) is 0 Å². The van der Waals surface area contributed by atoms with Crippen LogP contribution in [0, 0.1) is 13.8 Å². The van der Waals surface area contributed by atoms with Crippen molar-refractivity contribution in [2.75, 3.05) is 7.11 Å². The number of hydrogen-bond acceptors (Lipinski definition) is 2. The van der Waals surface area contributed by atoms with E-state index in [1.54, 1.807) is 7.11 Å². The number of methoxy groups -OCH3 is 1. The molecule has 0 unspecified atom stereocenters. The van der Waals surface area contributed by atoms with Crippen LogP contribution in [0.15, 0.2) is 84.9 Å². The first-order chi connectivity index (χ1) is 15.6. The third kappa shape index (κ3) is 4.55. The molecule has 32 heavy (non-hydrogen) atoms. The van der Waals surface area contributed by atoms with E-state index < -0.39 is 0 Å². The largest absolute Gasteiger partial charge is 0.495 e. The molecule has 0 spiro atoms. The van der Waals surface area contributed by atoms with Crippen molar-refractivity contribution < 1.29 is 9.47 Å². The third-order valence-electron chi connectivity index (χ3n) is 5.82. The molecule has 0 heterocycles. The van der Waals surface area contributed by atoms with Crippen LogP contribution in [0.5, 0.6) is 11.5 Å². The fourth-order valence-corrected chi connectivity index (χ4v) is 4.00. The number of rotatable bonds is 7. The van der Waals surface area contributed by atoms with Gasteiger partial charge in [-0.2, -0.15) is 0 Å². The highest BCUT2D eigenvalue weighted by Gasteiger charge is 2.22. The van der Waals surface area contributed by atoms with Gasteiger partial charge in [0, 0.05) is 5.56 Å². The molecule has 4 aromatic rings. The fourth-order valence-electron chi connectivity index (χ4n) is 4.00. The van der Waals surface area contributed by atoms with Gasteiger partial charge in [-0.25, -0.2) is 0 Å². The van der Waals surface area contributed by atoms with Gasteiger partial charge < -0.3 is 9.47 Å². The second kappa shape index (κ2) is 9.74. The topological polar surface area (TPSA) is 18.5 Å². The minimum Gasteiger partial charge on any atom is -0.495 e. The molecule has 0 fully saturated rings. The molecular formula is C30H30O2. The number of hydrogen-bond donors (Lipinski definition) is 0. The van der Waals surface area contributed by atoms with E-state index in [-0.39, 0.29) is 0 Å². The zero-order valence-corrected chi connectivity index (χ0v) is 19.3. The van der Waals surface area contributed by atoms with Crippen molar-refractivity contribution in [2.45, 2.75) is 33.8 Å². The van der Waals surface area contributed by atoms with Gasteiger partial charge in [-0.05, 0) is 48.6 Å². The van der Waals surface area contributed by atoms with E-state index in [0.717, 1.165) is 45.7 Å². The predicted octanol–water partition coefficient (Wildman–Crippen LogP) is 7.79. The molecule has 162 valence electrons. The van der Waals surface area contributed by atoms with Crippen molar-refractivity contribution in [3.63, 3.8) is 0 Å². The lowest BCUT2D eigenvalue weighted by Crippen LogP contribution is -2.03. The van der Waals surface area contributed by atoms with Gasteiger partial charge in [0.05, 0.1) is 12.7 Å². The van der Waals surface area contributed by atoms with Gasteiger partial charge in [-0.15, -0.1) is 0 Å². The molecule has 0 aliphatic carbocycles. The Labute approximate surface area is 191 Å². The summed E-state index contributed by atoms with van der Waals surface area (Å²) in [6.07, 6.45) is 0.867. The second-order valence-electron chi connectivity index (χ2n) is 8.18.